The molecule has 110 heavy (non-hydrogen) atoms. The Morgan fingerprint density at radius 2 is 0.427 bits per heavy atom. The number of aryl methyl sites for hydroxylation is 4. The van der Waals surface area contributed by atoms with Crippen LogP contribution >= 0.6 is 0 Å². The number of benzene rings is 15. The van der Waals surface area contributed by atoms with Gasteiger partial charge in [-0.15, -0.1) is 0 Å². The van der Waals surface area contributed by atoms with Crippen molar-refractivity contribution in [2.75, 3.05) is 0 Å². The lowest BCUT2D eigenvalue weighted by molar-refractivity contribution is 1.06. The molecule has 4 heterocycles. The summed E-state index contributed by atoms with van der Waals surface area (Å²) in [5.41, 5.74) is 23.0. The highest BCUT2D eigenvalue weighted by molar-refractivity contribution is 5.91. The smallest absolute Gasteiger partial charge is 0.160 e. The van der Waals surface area contributed by atoms with E-state index in [9.17, 15) is 0 Å². The minimum Gasteiger partial charge on any atom is -0.233 e. The molecule has 0 fully saturated rings. The standard InChI is InChI=1S/3C27H20N2.C21H16N2/c1-19-9-5-8-14-24(19)27-28-25(21-11-3-2-4-12-21)18-26(29-27)23-16-15-20-10-6-7-13-22(20)17-23;1-19-8-7-13-24(16-19)27-28-25(21-10-3-2-4-11-21)18-26(29-27)23-15-14-20-9-5-6-12-22(20)17-23;1-19-11-13-22(14-12-19)27-28-25(21-8-3-2-4-9-21)18-26(29-27)24-16-15-20-7-5-6-10-23(20)17-24;1-15-22-20(17-8-3-2-4-9-17)14-21(23-15)19-12-11-16-7-5-6-10-18(16)13-19/h3*2-18H,1H3;2-14H,1H3. The molecular weight excluding hydrogens is 1340 g/mol. The molecule has 0 saturated heterocycles. The van der Waals surface area contributed by atoms with Crippen molar-refractivity contribution in [3.8, 4) is 124 Å². The van der Waals surface area contributed by atoms with Gasteiger partial charge in [-0.3, -0.25) is 0 Å². The van der Waals surface area contributed by atoms with Crippen LogP contribution in [0, 0.1) is 27.7 Å². The van der Waals surface area contributed by atoms with Crippen molar-refractivity contribution in [1.29, 1.82) is 0 Å². The Labute approximate surface area is 641 Å². The van der Waals surface area contributed by atoms with Gasteiger partial charge in [-0.25, -0.2) is 39.9 Å². The Morgan fingerprint density at radius 3 is 0.782 bits per heavy atom. The topological polar surface area (TPSA) is 103 Å². The normalized spacial score (nSPS) is 10.9. The number of aromatic nitrogens is 8. The summed E-state index contributed by atoms with van der Waals surface area (Å²) in [6.45, 7) is 8.22. The molecule has 19 rings (SSSR count). The summed E-state index contributed by atoms with van der Waals surface area (Å²) in [4.78, 5) is 38.7. The van der Waals surface area contributed by atoms with Gasteiger partial charge in [0, 0.05) is 61.2 Å². The number of nitrogens with zero attached hydrogens (tertiary/aromatic N) is 8. The number of fused-ring (bicyclic) bond motifs is 4. The maximum atomic E-state index is 4.96. The minimum absolute atomic E-state index is 0.745. The number of rotatable bonds is 11. The molecule has 524 valence electrons. The molecule has 0 unspecified atom stereocenters. The van der Waals surface area contributed by atoms with E-state index in [1.807, 2.05) is 91.9 Å². The molecule has 0 aliphatic carbocycles. The third kappa shape index (κ3) is 16.5. The highest BCUT2D eigenvalue weighted by atomic mass is 14.9. The van der Waals surface area contributed by atoms with Gasteiger partial charge in [-0.05, 0) is 131 Å². The van der Waals surface area contributed by atoms with E-state index in [0.29, 0.717) is 0 Å². The first-order valence-electron chi connectivity index (χ1n) is 37.0. The molecule has 8 nitrogen and oxygen atoms in total. The van der Waals surface area contributed by atoms with Crippen molar-refractivity contribution in [3.63, 3.8) is 0 Å². The quantitative estimate of drug-likeness (QED) is 0.126. The first kappa shape index (κ1) is 70.0. The molecule has 0 aliphatic heterocycles. The van der Waals surface area contributed by atoms with Crippen LogP contribution in [0.5, 0.6) is 0 Å². The van der Waals surface area contributed by atoms with Gasteiger partial charge in [0.1, 0.15) is 5.82 Å². The molecule has 0 aliphatic rings. The van der Waals surface area contributed by atoms with E-state index in [0.717, 1.165) is 130 Å². The van der Waals surface area contributed by atoms with E-state index < -0.39 is 0 Å². The predicted octanol–water partition coefficient (Wildman–Crippen LogP) is 26.1. The summed E-state index contributed by atoms with van der Waals surface area (Å²) in [7, 11) is 0. The largest absolute Gasteiger partial charge is 0.233 e. The van der Waals surface area contributed by atoms with E-state index in [2.05, 4.69) is 334 Å². The lowest BCUT2D eigenvalue weighted by Gasteiger charge is -2.11. The average Bonchev–Trinajstić information content (AvgIpc) is 0.802. The molecule has 8 heteroatoms. The monoisotopic (exact) mass is 1410 g/mol. The van der Waals surface area contributed by atoms with Crippen LogP contribution in [-0.2, 0) is 0 Å². The van der Waals surface area contributed by atoms with Gasteiger partial charge in [0.2, 0.25) is 0 Å². The zero-order valence-corrected chi connectivity index (χ0v) is 61.5. The lowest BCUT2D eigenvalue weighted by Crippen LogP contribution is -1.97. The third-order valence-corrected chi connectivity index (χ3v) is 19.4. The lowest BCUT2D eigenvalue weighted by atomic mass is 10.0. The molecule has 0 N–H and O–H groups in total. The van der Waals surface area contributed by atoms with Gasteiger partial charge >= 0.3 is 0 Å². The van der Waals surface area contributed by atoms with Crippen molar-refractivity contribution in [1.82, 2.24) is 39.9 Å². The third-order valence-electron chi connectivity index (χ3n) is 19.4. The van der Waals surface area contributed by atoms with Crippen molar-refractivity contribution in [3.05, 3.63) is 411 Å². The average molecular weight is 1410 g/mol. The summed E-state index contributed by atoms with van der Waals surface area (Å²) in [5, 5.41) is 9.78. The second-order valence-electron chi connectivity index (χ2n) is 27.3. The molecule has 15 aromatic carbocycles. The van der Waals surface area contributed by atoms with Crippen LogP contribution in [0.3, 0.4) is 0 Å². The second kappa shape index (κ2) is 32.6. The van der Waals surface area contributed by atoms with Gasteiger partial charge in [0.05, 0.1) is 45.6 Å². The summed E-state index contributed by atoms with van der Waals surface area (Å²) < 4.78 is 0. The Balaban J connectivity index is 0.000000112. The maximum absolute atomic E-state index is 4.96. The van der Waals surface area contributed by atoms with Crippen LogP contribution in [0.15, 0.2) is 388 Å². The van der Waals surface area contributed by atoms with Crippen LogP contribution in [0.4, 0.5) is 0 Å². The fraction of sp³-hybridized carbons (Fsp3) is 0.0392. The van der Waals surface area contributed by atoms with Gasteiger partial charge in [-0.1, -0.05) is 345 Å². The van der Waals surface area contributed by atoms with Crippen LogP contribution in [0.25, 0.3) is 167 Å². The van der Waals surface area contributed by atoms with Crippen LogP contribution < -0.4 is 0 Å². The van der Waals surface area contributed by atoms with Crippen LogP contribution in [0.1, 0.15) is 22.5 Å². The predicted molar refractivity (Wildman–Crippen MR) is 457 cm³/mol. The van der Waals surface area contributed by atoms with E-state index in [4.69, 9.17) is 29.9 Å². The van der Waals surface area contributed by atoms with Crippen LogP contribution in [0.2, 0.25) is 0 Å². The Bertz CT molecular complexity index is 6450. The molecule has 0 atom stereocenters. The van der Waals surface area contributed by atoms with Gasteiger partial charge in [0.25, 0.3) is 0 Å². The van der Waals surface area contributed by atoms with Crippen molar-refractivity contribution < 1.29 is 0 Å². The maximum Gasteiger partial charge on any atom is 0.160 e. The second-order valence-corrected chi connectivity index (χ2v) is 27.3. The summed E-state index contributed by atoms with van der Waals surface area (Å²) >= 11 is 0. The van der Waals surface area contributed by atoms with E-state index >= 15 is 0 Å². The molecule has 19 aromatic rings. The highest BCUT2D eigenvalue weighted by Gasteiger charge is 2.17. The van der Waals surface area contributed by atoms with E-state index in [1.54, 1.807) is 0 Å². The molecule has 0 radical (unpaired) electrons. The SMILES string of the molecule is Cc1ccc(-c2nc(-c3ccccc3)cc(-c3ccc4ccccc4c3)n2)cc1.Cc1cccc(-c2nc(-c3ccccc3)cc(-c3ccc4ccccc4c3)n2)c1.Cc1ccccc1-c1nc(-c2ccccc2)cc(-c2ccc3ccccc3c2)n1.Cc1nc(-c2ccccc2)cc(-c2ccc3ccccc3c2)n1. The van der Waals surface area contributed by atoms with Crippen molar-refractivity contribution in [2.24, 2.45) is 0 Å². The van der Waals surface area contributed by atoms with Gasteiger partial charge in [-0.2, -0.15) is 0 Å². The van der Waals surface area contributed by atoms with Crippen LogP contribution in [-0.4, -0.2) is 39.9 Å². The molecule has 4 aromatic heterocycles. The Kier molecular flexibility index (Phi) is 20.7. The Hall–Kier alpha value is -14.3. The highest BCUT2D eigenvalue weighted by Crippen LogP contribution is 2.35. The number of hydrogen-bond acceptors (Lipinski definition) is 8. The molecule has 0 saturated carbocycles. The molecular formula is C102H76N8. The molecule has 0 bridgehead atoms. The zero-order valence-electron chi connectivity index (χ0n) is 61.5. The summed E-state index contributed by atoms with van der Waals surface area (Å²) in [5.74, 6) is 3.04. The first-order chi connectivity index (χ1) is 54.1. The van der Waals surface area contributed by atoms with Gasteiger partial charge in [0.15, 0.2) is 17.5 Å². The Morgan fingerprint density at radius 1 is 0.155 bits per heavy atom. The van der Waals surface area contributed by atoms with E-state index in [1.165, 1.54) is 59.8 Å². The molecule has 0 spiro atoms. The molecule has 0 amide bonds. The minimum atomic E-state index is 0.745. The fourth-order valence-corrected chi connectivity index (χ4v) is 13.6. The summed E-state index contributed by atoms with van der Waals surface area (Å²) in [6, 6.07) is 134. The fourth-order valence-electron chi connectivity index (χ4n) is 13.6. The first-order valence-corrected chi connectivity index (χ1v) is 37.0. The van der Waals surface area contributed by atoms with E-state index in [-0.39, 0.29) is 0 Å². The van der Waals surface area contributed by atoms with Crippen molar-refractivity contribution >= 4 is 43.1 Å². The number of hydrogen-bond donors (Lipinski definition) is 0. The van der Waals surface area contributed by atoms with Crippen molar-refractivity contribution in [2.45, 2.75) is 27.7 Å². The summed E-state index contributed by atoms with van der Waals surface area (Å²) in [6.07, 6.45) is 0. The zero-order chi connectivity index (χ0) is 74.5. The van der Waals surface area contributed by atoms with Gasteiger partial charge < -0.3 is 0 Å².